The number of para-hydroxylation sites is 1. The third kappa shape index (κ3) is 4.31. The van der Waals surface area contributed by atoms with Crippen LogP contribution in [0.5, 0.6) is 5.75 Å². The molecule has 1 aliphatic heterocycles. The van der Waals surface area contributed by atoms with Crippen molar-refractivity contribution in [3.63, 3.8) is 0 Å². The summed E-state index contributed by atoms with van der Waals surface area (Å²) in [6, 6.07) is 13.1. The van der Waals surface area contributed by atoms with Crippen LogP contribution < -0.4 is 9.64 Å². The molecule has 0 radical (unpaired) electrons. The minimum Gasteiger partial charge on any atom is -0.435 e. The van der Waals surface area contributed by atoms with Gasteiger partial charge in [-0.3, -0.25) is 0 Å². The van der Waals surface area contributed by atoms with Crippen LogP contribution in [0.15, 0.2) is 53.4 Å². The van der Waals surface area contributed by atoms with Gasteiger partial charge >= 0.3 is 6.61 Å². The van der Waals surface area contributed by atoms with Gasteiger partial charge in [0.1, 0.15) is 11.9 Å². The van der Waals surface area contributed by atoms with Gasteiger partial charge in [0.05, 0.1) is 17.2 Å². The highest BCUT2D eigenvalue weighted by Gasteiger charge is 2.25. The molecule has 0 saturated carbocycles. The van der Waals surface area contributed by atoms with Crippen LogP contribution in [0, 0.1) is 0 Å². The first-order valence-corrected chi connectivity index (χ1v) is 9.94. The zero-order chi connectivity index (χ0) is 18.7. The molecule has 0 aliphatic carbocycles. The van der Waals surface area contributed by atoms with Crippen molar-refractivity contribution < 1.29 is 26.7 Å². The van der Waals surface area contributed by atoms with Crippen LogP contribution in [0.1, 0.15) is 11.7 Å². The smallest absolute Gasteiger partial charge is 0.387 e. The molecule has 0 amide bonds. The Labute approximate surface area is 151 Å². The van der Waals surface area contributed by atoms with Gasteiger partial charge in [0.15, 0.2) is 9.84 Å². The van der Waals surface area contributed by atoms with Crippen LogP contribution in [0.4, 0.5) is 14.5 Å². The molecule has 0 N–H and O–H groups in total. The number of hydrogen-bond acceptors (Lipinski definition) is 5. The average molecular weight is 383 g/mol. The van der Waals surface area contributed by atoms with Gasteiger partial charge in [0, 0.05) is 19.3 Å². The van der Waals surface area contributed by atoms with Gasteiger partial charge in [0.2, 0.25) is 0 Å². The highest BCUT2D eigenvalue weighted by molar-refractivity contribution is 7.90. The third-order valence-corrected chi connectivity index (χ3v) is 5.29. The molecular formula is C18H19F2NO4S. The third-order valence-electron chi connectivity index (χ3n) is 4.15. The lowest BCUT2D eigenvalue weighted by atomic mass is 10.1. The fraction of sp³-hybridized carbons (Fsp3) is 0.333. The number of ether oxygens (including phenoxy) is 2. The lowest BCUT2D eigenvalue weighted by molar-refractivity contribution is -0.0498. The molecule has 0 spiro atoms. The molecule has 5 nitrogen and oxygen atoms in total. The van der Waals surface area contributed by atoms with Crippen molar-refractivity contribution in [1.29, 1.82) is 0 Å². The summed E-state index contributed by atoms with van der Waals surface area (Å²) in [6.45, 7) is -1.41. The molecule has 8 heteroatoms. The minimum absolute atomic E-state index is 0.0823. The van der Waals surface area contributed by atoms with Gasteiger partial charge in [-0.25, -0.2) is 8.42 Å². The molecule has 1 aliphatic rings. The number of morpholine rings is 1. The number of alkyl halides is 2. The van der Waals surface area contributed by atoms with Crippen molar-refractivity contribution in [3.8, 4) is 5.75 Å². The Morgan fingerprint density at radius 3 is 2.50 bits per heavy atom. The maximum absolute atomic E-state index is 12.2. The number of sulfone groups is 1. The van der Waals surface area contributed by atoms with Crippen molar-refractivity contribution in [2.45, 2.75) is 17.6 Å². The summed E-state index contributed by atoms with van der Waals surface area (Å²) in [5, 5.41) is 0. The lowest BCUT2D eigenvalue weighted by Gasteiger charge is -2.35. The van der Waals surface area contributed by atoms with Crippen LogP contribution in [0.25, 0.3) is 0 Å². The van der Waals surface area contributed by atoms with E-state index in [0.717, 1.165) is 5.56 Å². The summed E-state index contributed by atoms with van der Waals surface area (Å²) in [5.74, 6) is 0.0823. The van der Waals surface area contributed by atoms with Gasteiger partial charge in [-0.1, -0.05) is 24.3 Å². The second kappa shape index (κ2) is 7.59. The summed E-state index contributed by atoms with van der Waals surface area (Å²) in [4.78, 5) is 2.25. The van der Waals surface area contributed by atoms with Crippen LogP contribution in [-0.4, -0.2) is 41.0 Å². The Bertz CT molecular complexity index is 856. The van der Waals surface area contributed by atoms with E-state index in [2.05, 4.69) is 4.74 Å². The van der Waals surface area contributed by atoms with Crippen LogP contribution in [0.3, 0.4) is 0 Å². The maximum Gasteiger partial charge on any atom is 0.387 e. The summed E-state index contributed by atoms with van der Waals surface area (Å²) in [6.07, 6.45) is 0.892. The first kappa shape index (κ1) is 18.6. The molecular weight excluding hydrogens is 364 g/mol. The number of rotatable bonds is 5. The van der Waals surface area contributed by atoms with Crippen molar-refractivity contribution in [1.82, 2.24) is 0 Å². The topological polar surface area (TPSA) is 55.8 Å². The Hall–Kier alpha value is -2.19. The molecule has 1 fully saturated rings. The van der Waals surface area contributed by atoms with E-state index in [1.165, 1.54) is 18.4 Å². The second-order valence-electron chi connectivity index (χ2n) is 5.99. The van der Waals surface area contributed by atoms with Crippen LogP contribution >= 0.6 is 0 Å². The van der Waals surface area contributed by atoms with Gasteiger partial charge in [-0.15, -0.1) is 0 Å². The molecule has 1 unspecified atom stereocenters. The summed E-state index contributed by atoms with van der Waals surface area (Å²) in [5.41, 5.74) is 1.45. The fourth-order valence-electron chi connectivity index (χ4n) is 2.97. The normalized spacial score (nSPS) is 18.2. The number of benzene rings is 2. The number of anilines is 1. The van der Waals surface area contributed by atoms with Gasteiger partial charge in [-0.2, -0.15) is 8.78 Å². The molecule has 1 heterocycles. The van der Waals surface area contributed by atoms with E-state index in [9.17, 15) is 17.2 Å². The van der Waals surface area contributed by atoms with Gasteiger partial charge in [-0.05, 0) is 29.8 Å². The standard InChI is InChI=1S/C18H19F2NO4S/c1-26(22,23)17-5-3-2-4-15(17)21-10-11-24-16(12-21)13-6-8-14(9-7-13)25-18(19)20/h2-9,16,18H,10-12H2,1H3. The number of hydrogen-bond donors (Lipinski definition) is 0. The SMILES string of the molecule is CS(=O)(=O)c1ccccc1N1CCOC(c2ccc(OC(F)F)cc2)C1. The van der Waals surface area contributed by atoms with E-state index in [4.69, 9.17) is 4.74 Å². The molecule has 140 valence electrons. The number of nitrogens with zero attached hydrogens (tertiary/aromatic N) is 1. The predicted octanol–water partition coefficient (Wildman–Crippen LogP) is 3.27. The fourth-order valence-corrected chi connectivity index (χ4v) is 3.87. The van der Waals surface area contributed by atoms with E-state index >= 15 is 0 Å². The van der Waals surface area contributed by atoms with E-state index < -0.39 is 16.4 Å². The van der Waals surface area contributed by atoms with Gasteiger partial charge in [0.25, 0.3) is 0 Å². The van der Waals surface area contributed by atoms with Crippen molar-refractivity contribution in [3.05, 3.63) is 54.1 Å². The highest BCUT2D eigenvalue weighted by Crippen LogP contribution is 2.31. The van der Waals surface area contributed by atoms with Crippen molar-refractivity contribution in [2.24, 2.45) is 0 Å². The zero-order valence-corrected chi connectivity index (χ0v) is 15.0. The lowest BCUT2D eigenvalue weighted by Crippen LogP contribution is -2.39. The first-order chi connectivity index (χ1) is 12.3. The Kier molecular flexibility index (Phi) is 5.43. The molecule has 2 aromatic carbocycles. The Morgan fingerprint density at radius 1 is 1.15 bits per heavy atom. The average Bonchev–Trinajstić information content (AvgIpc) is 2.61. The number of halogens is 2. The van der Waals surface area contributed by atoms with E-state index in [1.54, 1.807) is 36.4 Å². The van der Waals surface area contributed by atoms with Gasteiger partial charge < -0.3 is 14.4 Å². The first-order valence-electron chi connectivity index (χ1n) is 8.05. The van der Waals surface area contributed by atoms with Crippen molar-refractivity contribution >= 4 is 15.5 Å². The molecule has 1 saturated heterocycles. The summed E-state index contributed by atoms with van der Waals surface area (Å²) < 4.78 is 58.7. The predicted molar refractivity (Wildman–Crippen MR) is 93.5 cm³/mol. The van der Waals surface area contributed by atoms with Crippen LogP contribution in [-0.2, 0) is 14.6 Å². The molecule has 1 atom stereocenters. The molecule has 3 rings (SSSR count). The quantitative estimate of drug-likeness (QED) is 0.793. The van der Waals surface area contributed by atoms with E-state index in [1.807, 2.05) is 4.90 Å². The Balaban J connectivity index is 1.80. The molecule has 26 heavy (non-hydrogen) atoms. The zero-order valence-electron chi connectivity index (χ0n) is 14.1. The molecule has 0 bridgehead atoms. The maximum atomic E-state index is 12.2. The van der Waals surface area contributed by atoms with E-state index in [0.29, 0.717) is 25.4 Å². The summed E-state index contributed by atoms with van der Waals surface area (Å²) >= 11 is 0. The van der Waals surface area contributed by atoms with Crippen LogP contribution in [0.2, 0.25) is 0 Å². The van der Waals surface area contributed by atoms with Crippen molar-refractivity contribution in [2.75, 3.05) is 30.9 Å². The largest absolute Gasteiger partial charge is 0.435 e. The second-order valence-corrected chi connectivity index (χ2v) is 7.98. The Morgan fingerprint density at radius 2 is 1.85 bits per heavy atom. The molecule has 2 aromatic rings. The van der Waals surface area contributed by atoms with E-state index in [-0.39, 0.29) is 16.7 Å². The molecule has 0 aromatic heterocycles. The minimum atomic E-state index is -3.35. The summed E-state index contributed by atoms with van der Waals surface area (Å²) in [7, 11) is -3.35. The monoisotopic (exact) mass is 383 g/mol. The highest BCUT2D eigenvalue weighted by atomic mass is 32.2.